The number of fused-ring (bicyclic) bond motifs is 1. The van der Waals surface area contributed by atoms with Gasteiger partial charge >= 0.3 is 5.76 Å². The SMILES string of the molecule is Cc1nn(-c2ccccc2)c2sc(C(=O)Nc3cccc(-c4noc(=O)[nH]4)c3)cc12. The molecule has 5 aromatic rings. The van der Waals surface area contributed by atoms with Gasteiger partial charge in [-0.1, -0.05) is 35.5 Å². The molecule has 8 nitrogen and oxygen atoms in total. The first-order valence-electron chi connectivity index (χ1n) is 9.11. The lowest BCUT2D eigenvalue weighted by atomic mass is 10.2. The third-order valence-corrected chi connectivity index (χ3v) is 5.71. The van der Waals surface area contributed by atoms with E-state index in [-0.39, 0.29) is 5.91 Å². The van der Waals surface area contributed by atoms with Gasteiger partial charge in [-0.05, 0) is 37.3 Å². The molecule has 0 aliphatic heterocycles. The summed E-state index contributed by atoms with van der Waals surface area (Å²) < 4.78 is 6.39. The van der Waals surface area contributed by atoms with E-state index in [4.69, 9.17) is 0 Å². The largest absolute Gasteiger partial charge is 0.439 e. The molecule has 0 atom stereocenters. The van der Waals surface area contributed by atoms with Gasteiger partial charge in [-0.3, -0.25) is 14.3 Å². The minimum absolute atomic E-state index is 0.221. The highest BCUT2D eigenvalue weighted by Crippen LogP contribution is 2.31. The van der Waals surface area contributed by atoms with E-state index in [9.17, 15) is 9.59 Å². The number of aromatic nitrogens is 4. The molecule has 1 amide bonds. The highest BCUT2D eigenvalue weighted by Gasteiger charge is 2.17. The van der Waals surface area contributed by atoms with Gasteiger partial charge in [-0.25, -0.2) is 9.48 Å². The topological polar surface area (TPSA) is 106 Å². The van der Waals surface area contributed by atoms with Crippen LogP contribution in [0.1, 0.15) is 15.4 Å². The first-order chi connectivity index (χ1) is 14.6. The van der Waals surface area contributed by atoms with Crippen LogP contribution in [0.25, 0.3) is 27.3 Å². The van der Waals surface area contributed by atoms with E-state index < -0.39 is 5.76 Å². The number of nitrogens with zero attached hydrogens (tertiary/aromatic N) is 3. The average molecular weight is 417 g/mol. The van der Waals surface area contributed by atoms with E-state index in [1.165, 1.54) is 11.3 Å². The standard InChI is InChI=1S/C21H15N5O3S/c1-12-16-11-17(30-20(16)26(24-12)15-8-3-2-4-9-15)19(27)22-14-7-5-6-13(10-14)18-23-21(28)29-25-18/h2-11H,1H3,(H,22,27)(H,23,25,28). The van der Waals surface area contributed by atoms with Crippen molar-refractivity contribution in [3.8, 4) is 17.1 Å². The summed E-state index contributed by atoms with van der Waals surface area (Å²) in [6.07, 6.45) is 0. The quantitative estimate of drug-likeness (QED) is 0.460. The number of hydrogen-bond acceptors (Lipinski definition) is 6. The van der Waals surface area contributed by atoms with E-state index in [0.29, 0.717) is 22.0 Å². The van der Waals surface area contributed by atoms with E-state index in [2.05, 4.69) is 25.1 Å². The fourth-order valence-corrected chi connectivity index (χ4v) is 4.27. The van der Waals surface area contributed by atoms with E-state index in [1.807, 2.05) is 48.0 Å². The molecule has 0 radical (unpaired) electrons. The van der Waals surface area contributed by atoms with Gasteiger partial charge in [0.15, 0.2) is 5.82 Å². The van der Waals surface area contributed by atoms with Gasteiger partial charge in [0.25, 0.3) is 5.91 Å². The number of H-pyrrole nitrogens is 1. The molecular formula is C21H15N5O3S. The number of anilines is 1. The number of aromatic amines is 1. The zero-order valence-electron chi connectivity index (χ0n) is 15.7. The van der Waals surface area contributed by atoms with Gasteiger partial charge in [0.05, 0.1) is 16.3 Å². The zero-order chi connectivity index (χ0) is 20.7. The normalized spacial score (nSPS) is 11.1. The summed E-state index contributed by atoms with van der Waals surface area (Å²) in [4.78, 5) is 28.0. The molecule has 0 fully saturated rings. The van der Waals surface area contributed by atoms with Crippen molar-refractivity contribution in [2.24, 2.45) is 0 Å². The van der Waals surface area contributed by atoms with Crippen molar-refractivity contribution in [2.75, 3.05) is 5.32 Å². The number of para-hydroxylation sites is 1. The van der Waals surface area contributed by atoms with Crippen molar-refractivity contribution in [1.82, 2.24) is 19.9 Å². The molecule has 2 N–H and O–H groups in total. The molecule has 5 rings (SSSR count). The summed E-state index contributed by atoms with van der Waals surface area (Å²) in [5.41, 5.74) is 3.02. The Hall–Kier alpha value is -3.98. The minimum Gasteiger partial charge on any atom is -0.321 e. The monoisotopic (exact) mass is 417 g/mol. The molecular weight excluding hydrogens is 402 g/mol. The predicted molar refractivity (Wildman–Crippen MR) is 114 cm³/mol. The molecule has 0 aliphatic carbocycles. The number of benzene rings is 2. The maximum Gasteiger partial charge on any atom is 0.439 e. The van der Waals surface area contributed by atoms with Crippen LogP contribution >= 0.6 is 11.3 Å². The smallest absolute Gasteiger partial charge is 0.321 e. The van der Waals surface area contributed by atoms with E-state index in [1.54, 1.807) is 24.3 Å². The summed E-state index contributed by atoms with van der Waals surface area (Å²) in [6, 6.07) is 18.7. The Morgan fingerprint density at radius 2 is 1.97 bits per heavy atom. The van der Waals surface area contributed by atoms with Gasteiger partial charge in [0.1, 0.15) is 4.83 Å². The molecule has 0 bridgehead atoms. The summed E-state index contributed by atoms with van der Waals surface area (Å²) in [7, 11) is 0. The predicted octanol–water partition coefficient (Wildman–Crippen LogP) is 3.99. The third kappa shape index (κ3) is 3.20. The Kier molecular flexibility index (Phi) is 4.29. The maximum absolute atomic E-state index is 12.9. The fraction of sp³-hybridized carbons (Fsp3) is 0.0476. The maximum atomic E-state index is 12.9. The van der Waals surface area contributed by atoms with Crippen LogP contribution in [-0.4, -0.2) is 25.8 Å². The Morgan fingerprint density at radius 3 is 2.73 bits per heavy atom. The Balaban J connectivity index is 1.45. The van der Waals surface area contributed by atoms with E-state index >= 15 is 0 Å². The van der Waals surface area contributed by atoms with Crippen molar-refractivity contribution < 1.29 is 9.32 Å². The van der Waals surface area contributed by atoms with Crippen LogP contribution in [0.4, 0.5) is 5.69 Å². The van der Waals surface area contributed by atoms with Crippen LogP contribution in [0.2, 0.25) is 0 Å². The lowest BCUT2D eigenvalue weighted by molar-refractivity contribution is 0.103. The van der Waals surface area contributed by atoms with Gasteiger partial charge < -0.3 is 5.32 Å². The molecule has 2 aromatic carbocycles. The van der Waals surface area contributed by atoms with Crippen molar-refractivity contribution in [1.29, 1.82) is 0 Å². The van der Waals surface area contributed by atoms with Gasteiger partial charge in [0.2, 0.25) is 0 Å². The number of aryl methyl sites for hydroxylation is 1. The van der Waals surface area contributed by atoms with Crippen molar-refractivity contribution >= 4 is 33.1 Å². The molecule has 0 spiro atoms. The van der Waals surface area contributed by atoms with Gasteiger partial charge in [0, 0.05) is 16.6 Å². The van der Waals surface area contributed by atoms with Crippen LogP contribution in [0.5, 0.6) is 0 Å². The van der Waals surface area contributed by atoms with Crippen molar-refractivity contribution in [3.63, 3.8) is 0 Å². The van der Waals surface area contributed by atoms with Crippen LogP contribution in [0.3, 0.4) is 0 Å². The number of hydrogen-bond donors (Lipinski definition) is 2. The van der Waals surface area contributed by atoms with Crippen molar-refractivity contribution in [3.05, 3.63) is 81.8 Å². The summed E-state index contributed by atoms with van der Waals surface area (Å²) in [6.45, 7) is 1.93. The molecule has 148 valence electrons. The first kappa shape index (κ1) is 18.1. The Bertz CT molecular complexity index is 1430. The molecule has 3 heterocycles. The average Bonchev–Trinajstić information content (AvgIpc) is 3.46. The van der Waals surface area contributed by atoms with Crippen LogP contribution in [-0.2, 0) is 0 Å². The fourth-order valence-electron chi connectivity index (χ4n) is 3.19. The number of carbonyl (C=O) groups is 1. The summed E-state index contributed by atoms with van der Waals surface area (Å²) in [5.74, 6) is -0.551. The lowest BCUT2D eigenvalue weighted by Gasteiger charge is -2.05. The van der Waals surface area contributed by atoms with Crippen molar-refractivity contribution in [2.45, 2.75) is 6.92 Å². The molecule has 0 saturated heterocycles. The molecule has 0 saturated carbocycles. The van der Waals surface area contributed by atoms with Crippen LogP contribution < -0.4 is 11.1 Å². The van der Waals surface area contributed by atoms with Gasteiger partial charge in [-0.2, -0.15) is 5.10 Å². The van der Waals surface area contributed by atoms with Gasteiger partial charge in [-0.15, -0.1) is 11.3 Å². The summed E-state index contributed by atoms with van der Waals surface area (Å²) >= 11 is 1.38. The lowest BCUT2D eigenvalue weighted by Crippen LogP contribution is -2.10. The number of carbonyl (C=O) groups excluding carboxylic acids is 1. The zero-order valence-corrected chi connectivity index (χ0v) is 16.6. The molecule has 0 unspecified atom stereocenters. The van der Waals surface area contributed by atoms with E-state index in [0.717, 1.165) is 21.6 Å². The Labute approximate surface area is 173 Å². The van der Waals surface area contributed by atoms with Crippen LogP contribution in [0, 0.1) is 6.92 Å². The number of rotatable bonds is 4. The second-order valence-corrected chi connectivity index (χ2v) is 7.67. The Morgan fingerprint density at radius 1 is 1.13 bits per heavy atom. The minimum atomic E-state index is -0.632. The first-order valence-corrected chi connectivity index (χ1v) is 9.92. The second kappa shape index (κ2) is 7.12. The second-order valence-electron chi connectivity index (χ2n) is 6.64. The molecule has 0 aliphatic rings. The highest BCUT2D eigenvalue weighted by atomic mass is 32.1. The van der Waals surface area contributed by atoms with Crippen LogP contribution in [0.15, 0.2) is 70.0 Å². The molecule has 30 heavy (non-hydrogen) atoms. The third-order valence-electron chi connectivity index (χ3n) is 4.60. The summed E-state index contributed by atoms with van der Waals surface area (Å²) in [5, 5.41) is 12.1. The number of amides is 1. The number of nitrogens with one attached hydrogen (secondary N) is 2. The number of thiophene rings is 1. The molecule has 9 heteroatoms. The molecule has 3 aromatic heterocycles. The highest BCUT2D eigenvalue weighted by molar-refractivity contribution is 7.20.